The summed E-state index contributed by atoms with van der Waals surface area (Å²) in [6, 6.07) is 2.75. The van der Waals surface area contributed by atoms with Gasteiger partial charge in [0, 0.05) is 25.2 Å². The van der Waals surface area contributed by atoms with E-state index in [1.807, 2.05) is 19.0 Å². The van der Waals surface area contributed by atoms with Gasteiger partial charge in [-0.2, -0.15) is 0 Å². The summed E-state index contributed by atoms with van der Waals surface area (Å²) in [6.07, 6.45) is -1.03. The standard InChI is InChI=1S/C14H20F2N2O/c1-9-4-5-10(13(16)12(9)15)14(19)11-8-17(2)6-7-18(11)3/h4-5,11,14,19H,6-8H2,1-3H3. The number of hydrogen-bond acceptors (Lipinski definition) is 3. The van der Waals surface area contributed by atoms with Gasteiger partial charge in [0.15, 0.2) is 11.6 Å². The van der Waals surface area contributed by atoms with E-state index in [9.17, 15) is 13.9 Å². The Morgan fingerprint density at radius 2 is 1.89 bits per heavy atom. The molecule has 0 aromatic heterocycles. The monoisotopic (exact) mass is 270 g/mol. The molecule has 0 bridgehead atoms. The summed E-state index contributed by atoms with van der Waals surface area (Å²) in [6.45, 7) is 3.85. The molecular weight excluding hydrogens is 250 g/mol. The Labute approximate surface area is 112 Å². The van der Waals surface area contributed by atoms with Crippen LogP contribution >= 0.6 is 0 Å². The molecule has 1 heterocycles. The molecule has 0 amide bonds. The first-order valence-electron chi connectivity index (χ1n) is 6.43. The SMILES string of the molecule is Cc1ccc(C(O)C2CN(C)CCN2C)c(F)c1F. The highest BCUT2D eigenvalue weighted by atomic mass is 19.2. The first-order valence-corrected chi connectivity index (χ1v) is 6.43. The zero-order chi connectivity index (χ0) is 14.2. The van der Waals surface area contributed by atoms with E-state index >= 15 is 0 Å². The second-order valence-electron chi connectivity index (χ2n) is 5.35. The predicted molar refractivity (Wildman–Crippen MR) is 70.0 cm³/mol. The van der Waals surface area contributed by atoms with Crippen molar-refractivity contribution in [3.8, 4) is 0 Å². The number of likely N-dealkylation sites (N-methyl/N-ethyl adjacent to an activating group) is 2. The third-order valence-corrected chi connectivity index (χ3v) is 3.89. The topological polar surface area (TPSA) is 26.7 Å². The number of aliphatic hydroxyl groups excluding tert-OH is 1. The maximum atomic E-state index is 13.9. The van der Waals surface area contributed by atoms with E-state index in [2.05, 4.69) is 4.90 Å². The van der Waals surface area contributed by atoms with Gasteiger partial charge >= 0.3 is 0 Å². The van der Waals surface area contributed by atoms with Gasteiger partial charge in [-0.3, -0.25) is 4.90 Å². The molecule has 1 aromatic rings. The number of piperazine rings is 1. The number of hydrogen-bond donors (Lipinski definition) is 1. The molecule has 0 spiro atoms. The van der Waals surface area contributed by atoms with Crippen molar-refractivity contribution in [3.05, 3.63) is 34.9 Å². The lowest BCUT2D eigenvalue weighted by Gasteiger charge is -2.40. The summed E-state index contributed by atoms with van der Waals surface area (Å²) < 4.78 is 27.5. The minimum Gasteiger partial charge on any atom is -0.387 e. The van der Waals surface area contributed by atoms with Crippen molar-refractivity contribution in [2.24, 2.45) is 0 Å². The van der Waals surface area contributed by atoms with Gasteiger partial charge in [-0.25, -0.2) is 8.78 Å². The number of halogens is 2. The summed E-state index contributed by atoms with van der Waals surface area (Å²) in [5, 5.41) is 10.4. The second kappa shape index (κ2) is 5.53. The number of rotatable bonds is 2. The van der Waals surface area contributed by atoms with Gasteiger partial charge in [0.05, 0.1) is 12.1 Å². The van der Waals surface area contributed by atoms with Crippen LogP contribution < -0.4 is 0 Å². The maximum Gasteiger partial charge on any atom is 0.164 e. The van der Waals surface area contributed by atoms with Crippen LogP contribution in [-0.4, -0.2) is 54.7 Å². The Hall–Kier alpha value is -1.04. The molecule has 3 nitrogen and oxygen atoms in total. The second-order valence-corrected chi connectivity index (χ2v) is 5.35. The van der Waals surface area contributed by atoms with E-state index in [-0.39, 0.29) is 17.2 Å². The van der Waals surface area contributed by atoms with Gasteiger partial charge in [-0.1, -0.05) is 12.1 Å². The first-order chi connectivity index (χ1) is 8.91. The Balaban J connectivity index is 2.28. The third-order valence-electron chi connectivity index (χ3n) is 3.89. The molecule has 1 saturated heterocycles. The van der Waals surface area contributed by atoms with Crippen molar-refractivity contribution >= 4 is 0 Å². The van der Waals surface area contributed by atoms with Crippen LogP contribution in [0, 0.1) is 18.6 Å². The Morgan fingerprint density at radius 1 is 1.21 bits per heavy atom. The van der Waals surface area contributed by atoms with Crippen LogP contribution in [0.3, 0.4) is 0 Å². The average Bonchev–Trinajstić information content (AvgIpc) is 2.38. The molecule has 2 rings (SSSR count). The molecule has 1 fully saturated rings. The van der Waals surface area contributed by atoms with Gasteiger partial charge in [0.1, 0.15) is 0 Å². The molecule has 1 aromatic carbocycles. The summed E-state index contributed by atoms with van der Waals surface area (Å²) >= 11 is 0. The molecule has 2 atom stereocenters. The van der Waals surface area contributed by atoms with E-state index in [1.165, 1.54) is 19.1 Å². The lowest BCUT2D eigenvalue weighted by molar-refractivity contribution is 0.0119. The highest BCUT2D eigenvalue weighted by Gasteiger charge is 2.31. The van der Waals surface area contributed by atoms with Crippen LogP contribution in [0.25, 0.3) is 0 Å². The summed E-state index contributed by atoms with van der Waals surface area (Å²) in [7, 11) is 3.85. The fraction of sp³-hybridized carbons (Fsp3) is 0.571. The molecule has 1 N–H and O–H groups in total. The van der Waals surface area contributed by atoms with Crippen molar-refractivity contribution in [2.75, 3.05) is 33.7 Å². The van der Waals surface area contributed by atoms with Crippen molar-refractivity contribution < 1.29 is 13.9 Å². The maximum absolute atomic E-state index is 13.9. The van der Waals surface area contributed by atoms with Crippen LogP contribution in [-0.2, 0) is 0 Å². The lowest BCUT2D eigenvalue weighted by atomic mass is 9.97. The molecule has 1 aliphatic heterocycles. The number of nitrogens with zero attached hydrogens (tertiary/aromatic N) is 2. The van der Waals surface area contributed by atoms with Gasteiger partial charge < -0.3 is 10.0 Å². The van der Waals surface area contributed by atoms with Crippen LogP contribution in [0.1, 0.15) is 17.2 Å². The summed E-state index contributed by atoms with van der Waals surface area (Å²) in [5.41, 5.74) is 0.290. The largest absolute Gasteiger partial charge is 0.387 e. The van der Waals surface area contributed by atoms with Gasteiger partial charge in [0.2, 0.25) is 0 Å². The minimum absolute atomic E-state index is 0.0373. The van der Waals surface area contributed by atoms with Gasteiger partial charge in [0.25, 0.3) is 0 Å². The van der Waals surface area contributed by atoms with Gasteiger partial charge in [-0.05, 0) is 26.6 Å². The minimum atomic E-state index is -1.03. The third kappa shape index (κ3) is 2.78. The quantitative estimate of drug-likeness (QED) is 0.883. The average molecular weight is 270 g/mol. The fourth-order valence-corrected chi connectivity index (χ4v) is 2.48. The molecule has 106 valence electrons. The zero-order valence-corrected chi connectivity index (χ0v) is 11.5. The van der Waals surface area contributed by atoms with Crippen molar-refractivity contribution in [1.82, 2.24) is 9.80 Å². The molecule has 1 aliphatic rings. The van der Waals surface area contributed by atoms with Crippen LogP contribution in [0.4, 0.5) is 8.78 Å². The number of aryl methyl sites for hydroxylation is 1. The Morgan fingerprint density at radius 3 is 2.58 bits per heavy atom. The molecular formula is C14H20F2N2O. The Kier molecular flexibility index (Phi) is 4.18. The molecule has 0 radical (unpaired) electrons. The molecule has 0 saturated carbocycles. The number of benzene rings is 1. The van der Waals surface area contributed by atoms with E-state index in [4.69, 9.17) is 0 Å². The highest BCUT2D eigenvalue weighted by molar-refractivity contribution is 5.28. The van der Waals surface area contributed by atoms with Gasteiger partial charge in [-0.15, -0.1) is 0 Å². The van der Waals surface area contributed by atoms with Crippen molar-refractivity contribution in [1.29, 1.82) is 0 Å². The molecule has 19 heavy (non-hydrogen) atoms. The first kappa shape index (κ1) is 14.4. The number of aliphatic hydroxyl groups is 1. The van der Waals surface area contributed by atoms with Crippen LogP contribution in [0.5, 0.6) is 0 Å². The predicted octanol–water partition coefficient (Wildman–Crippen LogP) is 1.55. The van der Waals surface area contributed by atoms with Crippen molar-refractivity contribution in [3.63, 3.8) is 0 Å². The molecule has 5 heteroatoms. The Bertz CT molecular complexity index is 467. The smallest absolute Gasteiger partial charge is 0.164 e. The van der Waals surface area contributed by atoms with E-state index < -0.39 is 17.7 Å². The van der Waals surface area contributed by atoms with E-state index in [1.54, 1.807) is 0 Å². The van der Waals surface area contributed by atoms with Crippen LogP contribution in [0.15, 0.2) is 12.1 Å². The van der Waals surface area contributed by atoms with Crippen LogP contribution in [0.2, 0.25) is 0 Å². The molecule has 2 unspecified atom stereocenters. The normalized spacial score (nSPS) is 23.6. The zero-order valence-electron chi connectivity index (χ0n) is 11.5. The summed E-state index contributed by atoms with van der Waals surface area (Å²) in [4.78, 5) is 4.07. The lowest BCUT2D eigenvalue weighted by Crippen LogP contribution is -2.52. The van der Waals surface area contributed by atoms with Crippen molar-refractivity contribution in [2.45, 2.75) is 19.1 Å². The summed E-state index contributed by atoms with van der Waals surface area (Å²) in [5.74, 6) is -1.81. The highest BCUT2D eigenvalue weighted by Crippen LogP contribution is 2.27. The molecule has 0 aliphatic carbocycles. The fourth-order valence-electron chi connectivity index (χ4n) is 2.48. The van der Waals surface area contributed by atoms with E-state index in [0.717, 1.165) is 13.1 Å². The van der Waals surface area contributed by atoms with E-state index in [0.29, 0.717) is 6.54 Å².